The predicted octanol–water partition coefficient (Wildman–Crippen LogP) is 3.02. The van der Waals surface area contributed by atoms with E-state index in [2.05, 4.69) is 11.2 Å². The number of aromatic nitrogens is 2. The molecule has 1 aliphatic rings. The van der Waals surface area contributed by atoms with Gasteiger partial charge in [0.05, 0.1) is 18.2 Å². The molecule has 2 aromatic heterocycles. The summed E-state index contributed by atoms with van der Waals surface area (Å²) in [7, 11) is 0. The van der Waals surface area contributed by atoms with E-state index in [1.165, 1.54) is 0 Å². The molecule has 146 valence electrons. The molecule has 3 aromatic rings. The maximum atomic E-state index is 13.1. The molecule has 0 radical (unpaired) electrons. The van der Waals surface area contributed by atoms with E-state index in [4.69, 9.17) is 10.2 Å². The van der Waals surface area contributed by atoms with Crippen LogP contribution >= 0.6 is 0 Å². The standard InChI is InChI=1S/C22H26N4O2/c1-14-9-15(2)26(24-14)11-17-5-4-6-18(10-17)22(27)25-12-19(20(23)13-25)21-8-7-16(3)28-21/h4-10,19-20H,11-13,23H2,1-3H3/t19-,20-/m0/s1. The highest BCUT2D eigenvalue weighted by Crippen LogP contribution is 2.29. The summed E-state index contributed by atoms with van der Waals surface area (Å²) < 4.78 is 7.70. The van der Waals surface area contributed by atoms with Crippen LogP contribution in [0.3, 0.4) is 0 Å². The molecule has 3 heterocycles. The molecule has 2 N–H and O–H groups in total. The van der Waals surface area contributed by atoms with Crippen LogP contribution < -0.4 is 5.73 Å². The first kappa shape index (κ1) is 18.5. The number of hydrogen-bond donors (Lipinski definition) is 1. The lowest BCUT2D eigenvalue weighted by Crippen LogP contribution is -2.32. The zero-order valence-electron chi connectivity index (χ0n) is 16.6. The summed E-state index contributed by atoms with van der Waals surface area (Å²) in [5.41, 5.74) is 10.2. The van der Waals surface area contributed by atoms with Crippen molar-refractivity contribution in [2.45, 2.75) is 39.3 Å². The van der Waals surface area contributed by atoms with Gasteiger partial charge in [-0.05, 0) is 56.7 Å². The number of carbonyl (C=O) groups is 1. The maximum absolute atomic E-state index is 13.1. The highest BCUT2D eigenvalue weighted by molar-refractivity contribution is 5.94. The molecular formula is C22H26N4O2. The van der Waals surface area contributed by atoms with Crippen LogP contribution in [0.25, 0.3) is 0 Å². The molecule has 0 spiro atoms. The molecule has 1 saturated heterocycles. The van der Waals surface area contributed by atoms with Gasteiger partial charge in [0.25, 0.3) is 5.91 Å². The van der Waals surface area contributed by atoms with Gasteiger partial charge in [-0.2, -0.15) is 5.10 Å². The summed E-state index contributed by atoms with van der Waals surface area (Å²) in [5, 5.41) is 4.51. The van der Waals surface area contributed by atoms with Crippen molar-refractivity contribution >= 4 is 5.91 Å². The first-order chi connectivity index (χ1) is 13.4. The number of benzene rings is 1. The van der Waals surface area contributed by atoms with Crippen molar-refractivity contribution in [3.8, 4) is 0 Å². The Kier molecular flexibility index (Phi) is 4.81. The molecule has 28 heavy (non-hydrogen) atoms. The largest absolute Gasteiger partial charge is 0.466 e. The van der Waals surface area contributed by atoms with Crippen LogP contribution in [0.5, 0.6) is 0 Å². The molecule has 2 atom stereocenters. The summed E-state index contributed by atoms with van der Waals surface area (Å²) in [6.07, 6.45) is 0. The Morgan fingerprint density at radius 2 is 2.00 bits per heavy atom. The minimum Gasteiger partial charge on any atom is -0.466 e. The van der Waals surface area contributed by atoms with Crippen LogP contribution in [-0.2, 0) is 6.54 Å². The van der Waals surface area contributed by atoms with E-state index in [9.17, 15) is 4.79 Å². The summed E-state index contributed by atoms with van der Waals surface area (Å²) in [6, 6.07) is 13.6. The Bertz CT molecular complexity index is 1000. The lowest BCUT2D eigenvalue weighted by atomic mass is 10.0. The van der Waals surface area contributed by atoms with Crippen LogP contribution in [0.15, 0.2) is 46.9 Å². The van der Waals surface area contributed by atoms with Crippen molar-refractivity contribution in [2.24, 2.45) is 5.73 Å². The third-order valence-corrected chi connectivity index (χ3v) is 5.39. The summed E-state index contributed by atoms with van der Waals surface area (Å²) >= 11 is 0. The fourth-order valence-electron chi connectivity index (χ4n) is 3.94. The number of hydrogen-bond acceptors (Lipinski definition) is 4. The van der Waals surface area contributed by atoms with Crippen LogP contribution in [0, 0.1) is 20.8 Å². The average molecular weight is 378 g/mol. The van der Waals surface area contributed by atoms with E-state index < -0.39 is 0 Å². The van der Waals surface area contributed by atoms with Crippen LogP contribution in [-0.4, -0.2) is 39.7 Å². The second kappa shape index (κ2) is 7.28. The number of nitrogens with two attached hydrogens (primary N) is 1. The first-order valence-corrected chi connectivity index (χ1v) is 9.62. The normalized spacial score (nSPS) is 19.4. The van der Waals surface area contributed by atoms with E-state index in [0.717, 1.165) is 28.5 Å². The van der Waals surface area contributed by atoms with Crippen molar-refractivity contribution in [1.29, 1.82) is 0 Å². The smallest absolute Gasteiger partial charge is 0.253 e. The molecule has 0 bridgehead atoms. The van der Waals surface area contributed by atoms with Gasteiger partial charge in [-0.25, -0.2) is 0 Å². The van der Waals surface area contributed by atoms with Crippen molar-refractivity contribution < 1.29 is 9.21 Å². The topological polar surface area (TPSA) is 77.3 Å². The zero-order chi connectivity index (χ0) is 19.8. The van der Waals surface area contributed by atoms with Gasteiger partial charge in [-0.15, -0.1) is 0 Å². The van der Waals surface area contributed by atoms with Crippen molar-refractivity contribution in [1.82, 2.24) is 14.7 Å². The average Bonchev–Trinajstić information content (AvgIpc) is 3.34. The quantitative estimate of drug-likeness (QED) is 0.757. The molecule has 0 aliphatic carbocycles. The predicted molar refractivity (Wildman–Crippen MR) is 107 cm³/mol. The van der Waals surface area contributed by atoms with Gasteiger partial charge in [0, 0.05) is 30.4 Å². The third kappa shape index (κ3) is 3.60. The Balaban J connectivity index is 1.50. The Labute approximate surface area is 164 Å². The number of likely N-dealkylation sites (tertiary alicyclic amines) is 1. The number of carbonyl (C=O) groups excluding carboxylic acids is 1. The molecule has 0 saturated carbocycles. The lowest BCUT2D eigenvalue weighted by Gasteiger charge is -2.16. The van der Waals surface area contributed by atoms with Gasteiger partial charge in [-0.3, -0.25) is 9.48 Å². The number of rotatable bonds is 4. The molecule has 6 nitrogen and oxygen atoms in total. The molecule has 1 fully saturated rings. The van der Waals surface area contributed by atoms with E-state index in [-0.39, 0.29) is 17.9 Å². The van der Waals surface area contributed by atoms with E-state index in [1.807, 2.05) is 66.8 Å². The second-order valence-corrected chi connectivity index (χ2v) is 7.71. The van der Waals surface area contributed by atoms with Crippen molar-refractivity contribution in [2.75, 3.05) is 13.1 Å². The number of aryl methyl sites for hydroxylation is 3. The molecular weight excluding hydrogens is 352 g/mol. The van der Waals surface area contributed by atoms with Crippen molar-refractivity contribution in [3.63, 3.8) is 0 Å². The highest BCUT2D eigenvalue weighted by atomic mass is 16.3. The van der Waals surface area contributed by atoms with Gasteiger partial charge in [0.1, 0.15) is 11.5 Å². The molecule has 6 heteroatoms. The summed E-state index contributed by atoms with van der Waals surface area (Å²) in [5.74, 6) is 1.77. The Morgan fingerprint density at radius 1 is 1.18 bits per heavy atom. The Morgan fingerprint density at radius 3 is 2.68 bits per heavy atom. The summed E-state index contributed by atoms with van der Waals surface area (Å²) in [6.45, 7) is 7.70. The minimum atomic E-state index is -0.118. The van der Waals surface area contributed by atoms with Gasteiger partial charge in [0.2, 0.25) is 0 Å². The van der Waals surface area contributed by atoms with E-state index >= 15 is 0 Å². The third-order valence-electron chi connectivity index (χ3n) is 5.39. The van der Waals surface area contributed by atoms with Crippen LogP contribution in [0.4, 0.5) is 0 Å². The minimum absolute atomic E-state index is 0.0106. The van der Waals surface area contributed by atoms with Gasteiger partial charge in [-0.1, -0.05) is 12.1 Å². The fraction of sp³-hybridized carbons (Fsp3) is 0.364. The molecule has 1 amide bonds. The highest BCUT2D eigenvalue weighted by Gasteiger charge is 2.36. The van der Waals surface area contributed by atoms with Gasteiger partial charge in [0.15, 0.2) is 0 Å². The number of nitrogens with zero attached hydrogens (tertiary/aromatic N) is 3. The van der Waals surface area contributed by atoms with Crippen LogP contribution in [0.1, 0.15) is 44.7 Å². The molecule has 1 aliphatic heterocycles. The van der Waals surface area contributed by atoms with E-state index in [1.54, 1.807) is 0 Å². The first-order valence-electron chi connectivity index (χ1n) is 9.62. The number of furan rings is 1. The second-order valence-electron chi connectivity index (χ2n) is 7.71. The molecule has 1 aromatic carbocycles. The lowest BCUT2D eigenvalue weighted by molar-refractivity contribution is 0.0788. The monoisotopic (exact) mass is 378 g/mol. The molecule has 4 rings (SSSR count). The van der Waals surface area contributed by atoms with E-state index in [0.29, 0.717) is 25.2 Å². The summed E-state index contributed by atoms with van der Waals surface area (Å²) in [4.78, 5) is 14.9. The maximum Gasteiger partial charge on any atom is 0.253 e. The zero-order valence-corrected chi connectivity index (χ0v) is 16.6. The number of amides is 1. The molecule has 0 unspecified atom stereocenters. The van der Waals surface area contributed by atoms with Gasteiger partial charge >= 0.3 is 0 Å². The van der Waals surface area contributed by atoms with Gasteiger partial charge < -0.3 is 15.1 Å². The van der Waals surface area contributed by atoms with Crippen LogP contribution in [0.2, 0.25) is 0 Å². The fourth-order valence-corrected chi connectivity index (χ4v) is 3.94. The SMILES string of the molecule is Cc1cc(C)n(Cc2cccc(C(=O)N3C[C@H](c4ccc(C)o4)[C@@H](N)C3)c2)n1. The van der Waals surface area contributed by atoms with Crippen molar-refractivity contribution in [3.05, 3.63) is 76.5 Å². The Hall–Kier alpha value is -2.86.